The number of rotatable bonds is 6. The van der Waals surface area contributed by atoms with Gasteiger partial charge in [0.05, 0.1) is 0 Å². The van der Waals surface area contributed by atoms with Gasteiger partial charge in [-0.15, -0.1) is 0 Å². The van der Waals surface area contributed by atoms with E-state index in [0.29, 0.717) is 17.9 Å². The summed E-state index contributed by atoms with van der Waals surface area (Å²) in [4.78, 5) is 14.0. The van der Waals surface area contributed by atoms with Crippen molar-refractivity contribution < 1.29 is 9.90 Å². The zero-order valence-electron chi connectivity index (χ0n) is 12.7. The highest BCUT2D eigenvalue weighted by atomic mass is 16.3. The average Bonchev–Trinajstić information content (AvgIpc) is 2.47. The van der Waals surface area contributed by atoms with Gasteiger partial charge in [0.1, 0.15) is 0 Å². The first-order valence-corrected chi connectivity index (χ1v) is 7.73. The molecular weight excluding hydrogens is 240 g/mol. The predicted molar refractivity (Wildman–Crippen MR) is 78.1 cm³/mol. The first-order valence-electron chi connectivity index (χ1n) is 7.73. The topological polar surface area (TPSA) is 52.6 Å². The molecule has 112 valence electrons. The van der Waals surface area contributed by atoms with Gasteiger partial charge in [-0.1, -0.05) is 26.7 Å². The molecule has 0 unspecified atom stereocenters. The van der Waals surface area contributed by atoms with Gasteiger partial charge in [-0.2, -0.15) is 0 Å². The van der Waals surface area contributed by atoms with E-state index in [1.807, 2.05) is 11.9 Å². The molecule has 4 nitrogen and oxygen atoms in total. The van der Waals surface area contributed by atoms with Gasteiger partial charge in [0.2, 0.25) is 0 Å². The number of nitrogens with zero attached hydrogens (tertiary/aromatic N) is 1. The number of amides is 2. The van der Waals surface area contributed by atoms with Gasteiger partial charge in [0.25, 0.3) is 0 Å². The fourth-order valence-corrected chi connectivity index (χ4v) is 2.81. The highest BCUT2D eigenvalue weighted by molar-refractivity contribution is 5.74. The van der Waals surface area contributed by atoms with Crippen LogP contribution in [0.1, 0.15) is 52.4 Å². The quantitative estimate of drug-likeness (QED) is 0.779. The minimum atomic E-state index is 0.0550. The largest absolute Gasteiger partial charge is 0.396 e. The molecule has 0 bridgehead atoms. The molecule has 1 aliphatic carbocycles. The van der Waals surface area contributed by atoms with Gasteiger partial charge < -0.3 is 15.3 Å². The minimum absolute atomic E-state index is 0.0550. The molecule has 1 aliphatic rings. The molecule has 0 radical (unpaired) electrons. The Morgan fingerprint density at radius 3 is 2.32 bits per heavy atom. The van der Waals surface area contributed by atoms with Crippen LogP contribution in [0.4, 0.5) is 4.79 Å². The summed E-state index contributed by atoms with van der Waals surface area (Å²) in [5.74, 6) is 1.03. The third kappa shape index (κ3) is 5.01. The van der Waals surface area contributed by atoms with Crippen molar-refractivity contribution in [3.8, 4) is 0 Å². The van der Waals surface area contributed by atoms with Crippen LogP contribution in [0.25, 0.3) is 0 Å². The van der Waals surface area contributed by atoms with Crippen molar-refractivity contribution >= 4 is 6.03 Å². The molecule has 0 heterocycles. The lowest BCUT2D eigenvalue weighted by Crippen LogP contribution is -2.46. The molecule has 1 rings (SSSR count). The lowest BCUT2D eigenvalue weighted by atomic mass is 9.86. The highest BCUT2D eigenvalue weighted by Crippen LogP contribution is 2.26. The smallest absolute Gasteiger partial charge is 0.317 e. The Labute approximate surface area is 117 Å². The van der Waals surface area contributed by atoms with Crippen LogP contribution in [0.5, 0.6) is 0 Å². The molecule has 2 amide bonds. The summed E-state index contributed by atoms with van der Waals surface area (Å²) in [6.07, 6.45) is 6.32. The SMILES string of the molecule is CCC(CC)CNC(=O)N(C)C1CCC(CO)CC1. The van der Waals surface area contributed by atoms with E-state index in [4.69, 9.17) is 5.11 Å². The van der Waals surface area contributed by atoms with Crippen LogP contribution in [0, 0.1) is 11.8 Å². The second-order valence-electron chi connectivity index (χ2n) is 5.84. The van der Waals surface area contributed by atoms with Crippen molar-refractivity contribution in [2.75, 3.05) is 20.2 Å². The lowest BCUT2D eigenvalue weighted by Gasteiger charge is -2.34. The van der Waals surface area contributed by atoms with Gasteiger partial charge in [0.15, 0.2) is 0 Å². The molecule has 0 aromatic rings. The number of aliphatic hydroxyl groups excluding tert-OH is 1. The second kappa shape index (κ2) is 8.41. The average molecular weight is 270 g/mol. The van der Waals surface area contributed by atoms with Crippen molar-refractivity contribution in [1.29, 1.82) is 0 Å². The fraction of sp³-hybridized carbons (Fsp3) is 0.933. The van der Waals surface area contributed by atoms with E-state index in [1.165, 1.54) is 0 Å². The highest BCUT2D eigenvalue weighted by Gasteiger charge is 2.26. The van der Waals surface area contributed by atoms with Gasteiger partial charge in [0, 0.05) is 26.2 Å². The summed E-state index contributed by atoms with van der Waals surface area (Å²) < 4.78 is 0. The molecule has 0 spiro atoms. The molecule has 1 fully saturated rings. The van der Waals surface area contributed by atoms with Crippen LogP contribution in [0.3, 0.4) is 0 Å². The zero-order valence-corrected chi connectivity index (χ0v) is 12.7. The Morgan fingerprint density at radius 1 is 1.26 bits per heavy atom. The maximum Gasteiger partial charge on any atom is 0.317 e. The van der Waals surface area contributed by atoms with Crippen LogP contribution in [-0.2, 0) is 0 Å². The molecule has 0 atom stereocenters. The molecule has 0 aliphatic heterocycles. The first-order chi connectivity index (χ1) is 9.12. The van der Waals surface area contributed by atoms with E-state index in [9.17, 15) is 4.79 Å². The van der Waals surface area contributed by atoms with Crippen LogP contribution < -0.4 is 5.32 Å². The Kier molecular flexibility index (Phi) is 7.21. The number of carbonyl (C=O) groups excluding carboxylic acids is 1. The Hall–Kier alpha value is -0.770. The van der Waals surface area contributed by atoms with Crippen molar-refractivity contribution in [3.63, 3.8) is 0 Å². The summed E-state index contributed by atoms with van der Waals surface area (Å²) in [5.41, 5.74) is 0. The molecule has 19 heavy (non-hydrogen) atoms. The van der Waals surface area contributed by atoms with E-state index in [1.54, 1.807) is 0 Å². The molecule has 1 saturated carbocycles. The summed E-state index contributed by atoms with van der Waals surface area (Å²) in [6, 6.07) is 0.392. The van der Waals surface area contributed by atoms with Gasteiger partial charge in [-0.3, -0.25) is 0 Å². The first kappa shape index (κ1) is 16.3. The third-order valence-corrected chi connectivity index (χ3v) is 4.64. The van der Waals surface area contributed by atoms with E-state index in [-0.39, 0.29) is 12.6 Å². The minimum Gasteiger partial charge on any atom is -0.396 e. The van der Waals surface area contributed by atoms with Crippen molar-refractivity contribution in [3.05, 3.63) is 0 Å². The van der Waals surface area contributed by atoms with E-state index >= 15 is 0 Å². The molecule has 4 heteroatoms. The van der Waals surface area contributed by atoms with Crippen LogP contribution in [-0.4, -0.2) is 42.3 Å². The Morgan fingerprint density at radius 2 is 1.84 bits per heavy atom. The van der Waals surface area contributed by atoms with E-state index < -0.39 is 0 Å². The van der Waals surface area contributed by atoms with Crippen LogP contribution in [0.15, 0.2) is 0 Å². The van der Waals surface area contributed by atoms with Gasteiger partial charge >= 0.3 is 6.03 Å². The lowest BCUT2D eigenvalue weighted by molar-refractivity contribution is 0.133. The van der Waals surface area contributed by atoms with Crippen LogP contribution >= 0.6 is 0 Å². The summed E-state index contributed by atoms with van der Waals surface area (Å²) in [7, 11) is 1.90. The van der Waals surface area contributed by atoms with Gasteiger partial charge in [-0.05, 0) is 37.5 Å². The molecule has 2 N–H and O–H groups in total. The molecule has 0 aromatic heterocycles. The Bertz CT molecular complexity index is 259. The molecular formula is C15H30N2O2. The Balaban J connectivity index is 2.32. The molecule has 0 aromatic carbocycles. The van der Waals surface area contributed by atoms with E-state index in [2.05, 4.69) is 19.2 Å². The monoisotopic (exact) mass is 270 g/mol. The van der Waals surface area contributed by atoms with Crippen molar-refractivity contribution in [2.45, 2.75) is 58.4 Å². The van der Waals surface area contributed by atoms with Crippen molar-refractivity contribution in [2.24, 2.45) is 11.8 Å². The maximum absolute atomic E-state index is 12.1. The van der Waals surface area contributed by atoms with Gasteiger partial charge in [-0.25, -0.2) is 4.79 Å². The number of nitrogens with one attached hydrogen (secondary N) is 1. The number of carbonyl (C=O) groups is 1. The fourth-order valence-electron chi connectivity index (χ4n) is 2.81. The normalized spacial score (nSPS) is 23.4. The van der Waals surface area contributed by atoms with Crippen LogP contribution in [0.2, 0.25) is 0 Å². The van der Waals surface area contributed by atoms with E-state index in [0.717, 1.165) is 45.1 Å². The number of hydrogen-bond donors (Lipinski definition) is 2. The zero-order chi connectivity index (χ0) is 14.3. The summed E-state index contributed by atoms with van der Waals surface area (Å²) in [5, 5.41) is 12.2. The number of hydrogen-bond acceptors (Lipinski definition) is 2. The number of urea groups is 1. The maximum atomic E-state index is 12.1. The second-order valence-corrected chi connectivity index (χ2v) is 5.84. The van der Waals surface area contributed by atoms with Crippen molar-refractivity contribution in [1.82, 2.24) is 10.2 Å². The standard InChI is InChI=1S/C15H30N2O2/c1-4-12(5-2)10-16-15(19)17(3)14-8-6-13(11-18)7-9-14/h12-14,18H,4-11H2,1-3H3,(H,16,19). The summed E-state index contributed by atoms with van der Waals surface area (Å²) >= 11 is 0. The number of aliphatic hydroxyl groups is 1. The third-order valence-electron chi connectivity index (χ3n) is 4.64. The predicted octanol–water partition coefficient (Wildman–Crippen LogP) is 2.62. The summed E-state index contributed by atoms with van der Waals surface area (Å²) in [6.45, 7) is 5.40. The molecule has 0 saturated heterocycles.